The number of rotatable bonds is 3. The first kappa shape index (κ1) is 12.2. The van der Waals surface area contributed by atoms with E-state index < -0.39 is 0 Å². The summed E-state index contributed by atoms with van der Waals surface area (Å²) in [5.41, 5.74) is 6.57. The van der Waals surface area contributed by atoms with Crippen LogP contribution in [0.25, 0.3) is 0 Å². The molecule has 5 heteroatoms. The van der Waals surface area contributed by atoms with Gasteiger partial charge in [0.1, 0.15) is 0 Å². The number of anilines is 1. The third-order valence-corrected chi connectivity index (χ3v) is 3.12. The third-order valence-electron chi connectivity index (χ3n) is 2.77. The number of nitrogen functional groups attached to an aromatic ring is 1. The average molecular weight is 255 g/mol. The van der Waals surface area contributed by atoms with Gasteiger partial charge in [0, 0.05) is 18.7 Å². The molecule has 1 unspecified atom stereocenters. The van der Waals surface area contributed by atoms with Crippen molar-refractivity contribution in [2.75, 3.05) is 18.9 Å². The SMILES string of the molecule is Nc1cc(C(=O)NCC2CCCO2)ccc1Cl. The molecule has 0 saturated carbocycles. The number of nitrogens with two attached hydrogens (primary N) is 1. The van der Waals surface area contributed by atoms with Crippen molar-refractivity contribution >= 4 is 23.2 Å². The second-order valence-electron chi connectivity index (χ2n) is 4.08. The first-order valence-electron chi connectivity index (χ1n) is 5.61. The van der Waals surface area contributed by atoms with Crippen LogP contribution in [0.4, 0.5) is 5.69 Å². The summed E-state index contributed by atoms with van der Waals surface area (Å²) in [6.45, 7) is 1.33. The average Bonchev–Trinajstić information content (AvgIpc) is 2.82. The van der Waals surface area contributed by atoms with E-state index >= 15 is 0 Å². The topological polar surface area (TPSA) is 64.4 Å². The van der Waals surface area contributed by atoms with Crippen molar-refractivity contribution in [2.24, 2.45) is 0 Å². The molecule has 0 bridgehead atoms. The Hall–Kier alpha value is -1.26. The maximum atomic E-state index is 11.8. The van der Waals surface area contributed by atoms with E-state index in [0.717, 1.165) is 19.4 Å². The summed E-state index contributed by atoms with van der Waals surface area (Å²) in [6.07, 6.45) is 2.21. The predicted molar refractivity (Wildman–Crippen MR) is 67.2 cm³/mol. The summed E-state index contributed by atoms with van der Waals surface area (Å²) in [5.74, 6) is -0.149. The normalized spacial score (nSPS) is 19.2. The van der Waals surface area contributed by atoms with Gasteiger partial charge >= 0.3 is 0 Å². The zero-order valence-corrected chi connectivity index (χ0v) is 10.2. The molecular weight excluding hydrogens is 240 g/mol. The van der Waals surface area contributed by atoms with Crippen LogP contribution < -0.4 is 11.1 Å². The molecule has 0 aromatic heterocycles. The van der Waals surface area contributed by atoms with E-state index in [-0.39, 0.29) is 12.0 Å². The molecule has 1 aromatic rings. The number of carbonyl (C=O) groups excluding carboxylic acids is 1. The fraction of sp³-hybridized carbons (Fsp3) is 0.417. The molecule has 92 valence electrons. The van der Waals surface area contributed by atoms with Crippen LogP contribution in [0.5, 0.6) is 0 Å². The van der Waals surface area contributed by atoms with E-state index in [1.165, 1.54) is 0 Å². The Morgan fingerprint density at radius 2 is 2.41 bits per heavy atom. The summed E-state index contributed by atoms with van der Waals surface area (Å²) < 4.78 is 5.42. The fourth-order valence-corrected chi connectivity index (χ4v) is 1.92. The van der Waals surface area contributed by atoms with Gasteiger partial charge in [0.25, 0.3) is 5.91 Å². The van der Waals surface area contributed by atoms with Crippen molar-refractivity contribution in [1.29, 1.82) is 0 Å². The van der Waals surface area contributed by atoms with Gasteiger partial charge in [-0.2, -0.15) is 0 Å². The van der Waals surface area contributed by atoms with E-state index in [4.69, 9.17) is 22.1 Å². The quantitative estimate of drug-likeness (QED) is 0.809. The minimum atomic E-state index is -0.149. The van der Waals surface area contributed by atoms with Crippen molar-refractivity contribution in [1.82, 2.24) is 5.32 Å². The molecular formula is C12H15ClN2O2. The number of halogens is 1. The summed E-state index contributed by atoms with van der Waals surface area (Å²) in [6, 6.07) is 4.86. The summed E-state index contributed by atoms with van der Waals surface area (Å²) >= 11 is 5.79. The van der Waals surface area contributed by atoms with Gasteiger partial charge in [-0.3, -0.25) is 4.79 Å². The number of nitrogens with one attached hydrogen (secondary N) is 1. The molecule has 1 aromatic carbocycles. The Morgan fingerprint density at radius 1 is 1.59 bits per heavy atom. The molecule has 0 aliphatic carbocycles. The third kappa shape index (κ3) is 3.11. The summed E-state index contributed by atoms with van der Waals surface area (Å²) in [5, 5.41) is 3.28. The molecule has 1 aliphatic heterocycles. The van der Waals surface area contributed by atoms with Gasteiger partial charge in [-0.25, -0.2) is 0 Å². The first-order valence-corrected chi connectivity index (χ1v) is 5.99. The lowest BCUT2D eigenvalue weighted by molar-refractivity contribution is 0.0858. The lowest BCUT2D eigenvalue weighted by Crippen LogP contribution is -2.31. The van der Waals surface area contributed by atoms with Crippen LogP contribution in [-0.2, 0) is 4.74 Å². The zero-order valence-electron chi connectivity index (χ0n) is 9.41. The molecule has 17 heavy (non-hydrogen) atoms. The number of benzene rings is 1. The molecule has 1 saturated heterocycles. The molecule has 1 heterocycles. The van der Waals surface area contributed by atoms with E-state index in [1.807, 2.05) is 0 Å². The number of carbonyl (C=O) groups is 1. The molecule has 3 N–H and O–H groups in total. The van der Waals surface area contributed by atoms with Gasteiger partial charge in [-0.1, -0.05) is 11.6 Å². The Morgan fingerprint density at radius 3 is 3.06 bits per heavy atom. The van der Waals surface area contributed by atoms with Crippen molar-refractivity contribution < 1.29 is 9.53 Å². The minimum Gasteiger partial charge on any atom is -0.398 e. The standard InChI is InChI=1S/C12H15ClN2O2/c13-10-4-3-8(6-11(10)14)12(16)15-7-9-2-1-5-17-9/h3-4,6,9H,1-2,5,7,14H2,(H,15,16). The Bertz CT molecular complexity index is 417. The van der Waals surface area contributed by atoms with Crippen LogP contribution in [0.3, 0.4) is 0 Å². The lowest BCUT2D eigenvalue weighted by atomic mass is 10.2. The van der Waals surface area contributed by atoms with E-state index in [0.29, 0.717) is 22.8 Å². The molecule has 4 nitrogen and oxygen atoms in total. The highest BCUT2D eigenvalue weighted by molar-refractivity contribution is 6.33. The van der Waals surface area contributed by atoms with Crippen molar-refractivity contribution in [3.8, 4) is 0 Å². The molecule has 1 amide bonds. The largest absolute Gasteiger partial charge is 0.398 e. The summed E-state index contributed by atoms with van der Waals surface area (Å²) in [4.78, 5) is 11.8. The monoisotopic (exact) mass is 254 g/mol. The van der Waals surface area contributed by atoms with Gasteiger partial charge < -0.3 is 15.8 Å². The zero-order chi connectivity index (χ0) is 12.3. The maximum Gasteiger partial charge on any atom is 0.251 e. The smallest absolute Gasteiger partial charge is 0.251 e. The highest BCUT2D eigenvalue weighted by Gasteiger charge is 2.16. The van der Waals surface area contributed by atoms with E-state index in [1.54, 1.807) is 18.2 Å². The molecule has 2 rings (SSSR count). The van der Waals surface area contributed by atoms with Crippen molar-refractivity contribution in [3.63, 3.8) is 0 Å². The van der Waals surface area contributed by atoms with E-state index in [9.17, 15) is 4.79 Å². The maximum absolute atomic E-state index is 11.8. The van der Waals surface area contributed by atoms with Crippen molar-refractivity contribution in [2.45, 2.75) is 18.9 Å². The number of ether oxygens (including phenoxy) is 1. The predicted octanol–water partition coefficient (Wildman–Crippen LogP) is 1.83. The van der Waals surface area contributed by atoms with Gasteiger partial charge in [0.05, 0.1) is 16.8 Å². The number of hydrogen-bond acceptors (Lipinski definition) is 3. The van der Waals surface area contributed by atoms with Crippen LogP contribution in [0, 0.1) is 0 Å². The second-order valence-corrected chi connectivity index (χ2v) is 4.49. The number of hydrogen-bond donors (Lipinski definition) is 2. The Labute approximate surface area is 105 Å². The Balaban J connectivity index is 1.92. The first-order chi connectivity index (χ1) is 8.16. The van der Waals surface area contributed by atoms with Gasteiger partial charge in [0.15, 0.2) is 0 Å². The lowest BCUT2D eigenvalue weighted by Gasteiger charge is -2.11. The fourth-order valence-electron chi connectivity index (χ4n) is 1.80. The molecule has 1 fully saturated rings. The Kier molecular flexibility index (Phi) is 3.86. The van der Waals surface area contributed by atoms with Gasteiger partial charge in [-0.15, -0.1) is 0 Å². The molecule has 1 atom stereocenters. The van der Waals surface area contributed by atoms with Gasteiger partial charge in [0.2, 0.25) is 0 Å². The minimum absolute atomic E-state index is 0.142. The van der Waals surface area contributed by atoms with Gasteiger partial charge in [-0.05, 0) is 31.0 Å². The van der Waals surface area contributed by atoms with Crippen LogP contribution in [0.15, 0.2) is 18.2 Å². The van der Waals surface area contributed by atoms with Crippen LogP contribution in [0.2, 0.25) is 5.02 Å². The van der Waals surface area contributed by atoms with Crippen LogP contribution in [-0.4, -0.2) is 25.2 Å². The van der Waals surface area contributed by atoms with E-state index in [2.05, 4.69) is 5.32 Å². The van der Waals surface area contributed by atoms with Crippen LogP contribution >= 0.6 is 11.6 Å². The molecule has 0 radical (unpaired) electrons. The second kappa shape index (κ2) is 5.38. The van der Waals surface area contributed by atoms with Crippen molar-refractivity contribution in [3.05, 3.63) is 28.8 Å². The molecule has 0 spiro atoms. The van der Waals surface area contributed by atoms with Crippen LogP contribution in [0.1, 0.15) is 23.2 Å². The highest BCUT2D eigenvalue weighted by atomic mass is 35.5. The highest BCUT2D eigenvalue weighted by Crippen LogP contribution is 2.19. The number of amides is 1. The molecule has 1 aliphatic rings. The summed E-state index contributed by atoms with van der Waals surface area (Å²) in [7, 11) is 0.